The average Bonchev–Trinajstić information content (AvgIpc) is 2.92. The van der Waals surface area contributed by atoms with E-state index >= 15 is 0 Å². The largest absolute Gasteiger partial charge is 0.350 e. The van der Waals surface area contributed by atoms with Gasteiger partial charge in [-0.25, -0.2) is 0 Å². The molecule has 206 valence electrons. The fourth-order valence-electron chi connectivity index (χ4n) is 4.02. The maximum atomic E-state index is 13.5. The zero-order chi connectivity index (χ0) is 27.4. The Hall–Kier alpha value is -2.44. The first kappa shape index (κ1) is 30.1. The van der Waals surface area contributed by atoms with Crippen molar-refractivity contribution in [2.24, 2.45) is 0 Å². The second-order valence-corrected chi connectivity index (χ2v) is 12.3. The minimum atomic E-state index is -3.38. The molecule has 38 heavy (non-hydrogen) atoms. The topological polar surface area (TPSA) is 77.5 Å². The van der Waals surface area contributed by atoms with Gasteiger partial charge in [0.15, 0.2) is 0 Å². The highest BCUT2D eigenvalue weighted by atomic mass is 31.2. The summed E-state index contributed by atoms with van der Waals surface area (Å²) in [5, 5.41) is 0. The van der Waals surface area contributed by atoms with E-state index in [0.29, 0.717) is 0 Å². The van der Waals surface area contributed by atoms with E-state index in [1.54, 1.807) is 27.7 Å². The third-order valence-electron chi connectivity index (χ3n) is 5.54. The van der Waals surface area contributed by atoms with Crippen LogP contribution in [0.1, 0.15) is 27.7 Å². The molecule has 0 aromatic heterocycles. The van der Waals surface area contributed by atoms with Crippen molar-refractivity contribution in [1.82, 2.24) is 0 Å². The molecular formula is C28H38N2O6P2. The zero-order valence-corrected chi connectivity index (χ0v) is 24.4. The van der Waals surface area contributed by atoms with E-state index in [0.717, 1.165) is 22.7 Å². The minimum absolute atomic E-state index is 0.0598. The van der Waals surface area contributed by atoms with Gasteiger partial charge in [0, 0.05) is 22.7 Å². The Kier molecular flexibility index (Phi) is 11.6. The maximum absolute atomic E-state index is 13.5. The molecule has 0 aliphatic rings. The van der Waals surface area contributed by atoms with Crippen LogP contribution in [0.4, 0.5) is 22.7 Å². The second kappa shape index (κ2) is 14.6. The van der Waals surface area contributed by atoms with Crippen molar-refractivity contribution >= 4 is 37.9 Å². The van der Waals surface area contributed by atoms with E-state index in [1.165, 1.54) is 0 Å². The predicted molar refractivity (Wildman–Crippen MR) is 155 cm³/mol. The lowest BCUT2D eigenvalue weighted by atomic mass is 10.2. The van der Waals surface area contributed by atoms with Gasteiger partial charge in [-0.05, 0) is 76.2 Å². The van der Waals surface area contributed by atoms with Gasteiger partial charge < -0.3 is 27.9 Å². The smallest absolute Gasteiger partial charge is 0.329 e. The summed E-state index contributed by atoms with van der Waals surface area (Å²) < 4.78 is 49.3. The number of benzene rings is 3. The molecular weight excluding hydrogens is 522 g/mol. The highest BCUT2D eigenvalue weighted by molar-refractivity contribution is 7.54. The first-order valence-corrected chi connectivity index (χ1v) is 16.3. The van der Waals surface area contributed by atoms with Crippen LogP contribution < -0.4 is 9.80 Å². The lowest BCUT2D eigenvalue weighted by Gasteiger charge is -2.31. The third kappa shape index (κ3) is 8.28. The fourth-order valence-corrected chi connectivity index (χ4v) is 7.42. The predicted octanol–water partition coefficient (Wildman–Crippen LogP) is 8.41. The fraction of sp³-hybridized carbons (Fsp3) is 0.357. The van der Waals surface area contributed by atoms with Crippen molar-refractivity contribution in [2.45, 2.75) is 27.7 Å². The van der Waals surface area contributed by atoms with Crippen molar-refractivity contribution in [3.63, 3.8) is 0 Å². The SMILES string of the molecule is CCOP(=O)(CN(c1ccccc1)c1ccc(N(CP(=O)(OCC)OCC)c2ccccc2)cc1)OCC. The molecule has 3 aromatic carbocycles. The van der Waals surface area contributed by atoms with Gasteiger partial charge in [0.1, 0.15) is 12.6 Å². The molecule has 0 saturated carbocycles. The summed E-state index contributed by atoms with van der Waals surface area (Å²) in [6.07, 6.45) is 0.120. The Balaban J connectivity index is 2.00. The monoisotopic (exact) mass is 560 g/mol. The highest BCUT2D eigenvalue weighted by Crippen LogP contribution is 2.52. The molecule has 0 unspecified atom stereocenters. The molecule has 0 amide bonds. The summed E-state index contributed by atoms with van der Waals surface area (Å²) in [7, 11) is -6.77. The van der Waals surface area contributed by atoms with Gasteiger partial charge >= 0.3 is 15.2 Å². The zero-order valence-electron chi connectivity index (χ0n) is 22.6. The molecule has 0 radical (unpaired) electrons. The molecule has 8 nitrogen and oxygen atoms in total. The summed E-state index contributed by atoms with van der Waals surface area (Å²) in [5.74, 6) is 0. The second-order valence-electron chi connectivity index (χ2n) is 8.22. The number of hydrogen-bond donors (Lipinski definition) is 0. The maximum Gasteiger partial charge on any atom is 0.350 e. The standard InChI is InChI=1S/C28H38N2O6P2/c1-5-33-37(31,34-6-2)23-29(25-15-11-9-12-16-25)27-19-21-28(22-20-27)30(26-17-13-10-14-18-26)24-38(32,35-7-3)36-8-4/h9-22H,5-8,23-24H2,1-4H3. The van der Waals surface area contributed by atoms with Gasteiger partial charge in [0.05, 0.1) is 26.4 Å². The van der Waals surface area contributed by atoms with Crippen molar-refractivity contribution < 1.29 is 27.2 Å². The molecule has 10 heteroatoms. The summed E-state index contributed by atoms with van der Waals surface area (Å²) >= 11 is 0. The Morgan fingerprint density at radius 2 is 0.737 bits per heavy atom. The Labute approximate surface area is 226 Å². The first-order valence-electron chi connectivity index (χ1n) is 12.9. The average molecular weight is 561 g/mol. The summed E-state index contributed by atoms with van der Waals surface area (Å²) in [5.41, 5.74) is 3.34. The van der Waals surface area contributed by atoms with Crippen LogP contribution in [0.5, 0.6) is 0 Å². The molecule has 3 aromatic rings. The number of rotatable bonds is 16. The molecule has 0 spiro atoms. The van der Waals surface area contributed by atoms with Crippen LogP contribution in [0, 0.1) is 0 Å². The Morgan fingerprint density at radius 1 is 0.474 bits per heavy atom. The molecule has 0 heterocycles. The van der Waals surface area contributed by atoms with Gasteiger partial charge in [-0.1, -0.05) is 36.4 Å². The molecule has 0 aliphatic heterocycles. The van der Waals surface area contributed by atoms with E-state index in [1.807, 2.05) is 94.7 Å². The molecule has 0 fully saturated rings. The number of para-hydroxylation sites is 2. The first-order chi connectivity index (χ1) is 18.4. The molecule has 3 rings (SSSR count). The van der Waals surface area contributed by atoms with Crippen LogP contribution in [0.3, 0.4) is 0 Å². The number of anilines is 4. The van der Waals surface area contributed by atoms with Crippen LogP contribution in [0.15, 0.2) is 84.9 Å². The molecule has 0 saturated heterocycles. The van der Waals surface area contributed by atoms with Crippen molar-refractivity contribution in [3.05, 3.63) is 84.9 Å². The van der Waals surface area contributed by atoms with E-state index in [4.69, 9.17) is 18.1 Å². The molecule has 0 atom stereocenters. The van der Waals surface area contributed by atoms with Gasteiger partial charge in [-0.3, -0.25) is 9.13 Å². The van der Waals surface area contributed by atoms with E-state index in [-0.39, 0.29) is 39.0 Å². The molecule has 0 N–H and O–H groups in total. The lowest BCUT2D eigenvalue weighted by Crippen LogP contribution is -2.22. The normalized spacial score (nSPS) is 11.9. The Bertz CT molecular complexity index is 1080. The summed E-state index contributed by atoms with van der Waals surface area (Å²) in [6.45, 7) is 8.33. The third-order valence-corrected chi connectivity index (χ3v) is 9.41. The van der Waals surface area contributed by atoms with Crippen LogP contribution in [-0.4, -0.2) is 39.0 Å². The summed E-state index contributed by atoms with van der Waals surface area (Å²) in [6, 6.07) is 27.1. The lowest BCUT2D eigenvalue weighted by molar-refractivity contribution is 0.219. The van der Waals surface area contributed by atoms with Gasteiger partial charge in [0.2, 0.25) is 0 Å². The van der Waals surface area contributed by atoms with Gasteiger partial charge in [0.25, 0.3) is 0 Å². The van der Waals surface area contributed by atoms with Crippen LogP contribution in [0.2, 0.25) is 0 Å². The molecule has 0 aliphatic carbocycles. The van der Waals surface area contributed by atoms with Crippen LogP contribution in [0.25, 0.3) is 0 Å². The summed E-state index contributed by atoms with van der Waals surface area (Å²) in [4.78, 5) is 3.85. The minimum Gasteiger partial charge on any atom is -0.329 e. The van der Waals surface area contributed by atoms with E-state index in [2.05, 4.69) is 0 Å². The highest BCUT2D eigenvalue weighted by Gasteiger charge is 2.30. The van der Waals surface area contributed by atoms with Crippen molar-refractivity contribution in [2.75, 3.05) is 48.8 Å². The van der Waals surface area contributed by atoms with E-state index < -0.39 is 15.2 Å². The Morgan fingerprint density at radius 3 is 1.00 bits per heavy atom. The van der Waals surface area contributed by atoms with Crippen LogP contribution in [-0.2, 0) is 27.2 Å². The van der Waals surface area contributed by atoms with Crippen molar-refractivity contribution in [3.8, 4) is 0 Å². The van der Waals surface area contributed by atoms with Gasteiger partial charge in [-0.15, -0.1) is 0 Å². The number of nitrogens with zero attached hydrogens (tertiary/aromatic N) is 2. The quantitative estimate of drug-likeness (QED) is 0.162. The van der Waals surface area contributed by atoms with Crippen LogP contribution >= 0.6 is 15.2 Å². The van der Waals surface area contributed by atoms with Gasteiger partial charge in [-0.2, -0.15) is 0 Å². The molecule has 0 bridgehead atoms. The number of hydrogen-bond acceptors (Lipinski definition) is 8. The van der Waals surface area contributed by atoms with Crippen molar-refractivity contribution in [1.29, 1.82) is 0 Å². The van der Waals surface area contributed by atoms with E-state index in [9.17, 15) is 9.13 Å².